The van der Waals surface area contributed by atoms with Gasteiger partial charge >= 0.3 is 17.9 Å². The predicted octanol–water partition coefficient (Wildman–Crippen LogP) is -10.6. The molecule has 0 aliphatic carbocycles. The number of unbranched alkanes of at least 4 members (excludes halogenated alkanes) is 1. The molecule has 17 amide bonds. The Bertz CT molecular complexity index is 3430. The van der Waals surface area contributed by atoms with Gasteiger partial charge in [0.2, 0.25) is 100 Å². The Hall–Kier alpha value is -11.5. The molecule has 47 heteroatoms. The maximum absolute atomic E-state index is 14.1. The van der Waals surface area contributed by atoms with E-state index in [1.54, 1.807) is 27.7 Å². The second kappa shape index (κ2) is 54.3. The molecular weight excluding hydrogens is 1540 g/mol. The minimum absolute atomic E-state index is 0.0236. The number of rotatable bonds is 58. The van der Waals surface area contributed by atoms with Crippen molar-refractivity contribution in [3.8, 4) is 0 Å². The lowest BCUT2D eigenvalue weighted by Crippen LogP contribution is -2.62. The molecule has 0 rings (SSSR count). The molecule has 47 nitrogen and oxygen atoms in total. The highest BCUT2D eigenvalue weighted by atomic mass is 16.4. The summed E-state index contributed by atoms with van der Waals surface area (Å²) < 4.78 is 0. The van der Waals surface area contributed by atoms with E-state index in [2.05, 4.69) is 84.7 Å². The highest BCUT2D eigenvalue weighted by Crippen LogP contribution is 2.14. The number of carboxylic acids is 3. The van der Waals surface area contributed by atoms with Crippen LogP contribution in [0.25, 0.3) is 0 Å². The Balaban J connectivity index is 6.39. The molecule has 0 aliphatic heterocycles. The number of carboxylic acid groups (broad SMARTS) is 3. The van der Waals surface area contributed by atoms with Crippen molar-refractivity contribution in [1.29, 1.82) is 0 Å². The number of carbonyl (C=O) groups excluding carboxylic acids is 17. The summed E-state index contributed by atoms with van der Waals surface area (Å²) >= 11 is 0. The molecule has 0 aromatic rings. The van der Waals surface area contributed by atoms with Crippen molar-refractivity contribution in [2.45, 2.75) is 244 Å². The minimum atomic E-state index is -1.92. The zero-order valence-corrected chi connectivity index (χ0v) is 66.8. The van der Waals surface area contributed by atoms with Gasteiger partial charge in [-0.25, -0.2) is 4.79 Å². The van der Waals surface area contributed by atoms with Gasteiger partial charge in [0.25, 0.3) is 0 Å². The Kier molecular flexibility index (Phi) is 48.9. The summed E-state index contributed by atoms with van der Waals surface area (Å²) in [5.74, 6) is -24.8. The monoisotopic (exact) mass is 1660 g/mol. The van der Waals surface area contributed by atoms with E-state index in [4.69, 9.17) is 34.4 Å². The van der Waals surface area contributed by atoms with Crippen molar-refractivity contribution in [3.63, 3.8) is 0 Å². The van der Waals surface area contributed by atoms with E-state index >= 15 is 0 Å². The van der Waals surface area contributed by atoms with Crippen molar-refractivity contribution < 1.29 is 121 Å². The molecule has 0 saturated heterocycles. The van der Waals surface area contributed by atoms with E-state index in [1.807, 2.05) is 0 Å². The number of primary amides is 2. The van der Waals surface area contributed by atoms with Crippen LogP contribution in [0.3, 0.4) is 0 Å². The molecule has 0 aromatic carbocycles. The Labute approximate surface area is 669 Å². The van der Waals surface area contributed by atoms with E-state index in [0.717, 1.165) is 6.92 Å². The van der Waals surface area contributed by atoms with Gasteiger partial charge in [0.1, 0.15) is 72.5 Å². The van der Waals surface area contributed by atoms with Crippen LogP contribution in [0.4, 0.5) is 0 Å². The van der Waals surface area contributed by atoms with Crippen molar-refractivity contribution in [3.05, 3.63) is 0 Å². The first kappa shape index (κ1) is 105. The molecule has 0 saturated carbocycles. The van der Waals surface area contributed by atoms with Crippen LogP contribution in [0.1, 0.15) is 159 Å². The topological polar surface area (TPSA) is 791 Å². The maximum Gasteiger partial charge on any atom is 0.326 e. The van der Waals surface area contributed by atoms with Crippen molar-refractivity contribution >= 4 is 124 Å². The molecule has 0 fully saturated rings. The number of hydrogen-bond donors (Lipinski definition) is 26. The first-order valence-corrected chi connectivity index (χ1v) is 37.6. The lowest BCUT2D eigenvalue weighted by molar-refractivity contribution is -0.144. The van der Waals surface area contributed by atoms with Gasteiger partial charge in [-0.3, -0.25) is 96.1 Å². The van der Waals surface area contributed by atoms with Gasteiger partial charge in [-0.1, -0.05) is 61.8 Å². The normalized spacial score (nSPS) is 14.9. The van der Waals surface area contributed by atoms with Crippen LogP contribution in [-0.2, 0) is 95.9 Å². The number of aliphatic hydroxyl groups excluding tert-OH is 2. The van der Waals surface area contributed by atoms with Crippen molar-refractivity contribution in [1.82, 2.24) is 79.8 Å². The molecule has 0 bridgehead atoms. The van der Waals surface area contributed by atoms with Crippen LogP contribution < -0.4 is 114 Å². The summed E-state index contributed by atoms with van der Waals surface area (Å²) in [5.41, 5.74) is 32.8. The van der Waals surface area contributed by atoms with Gasteiger partial charge in [0.05, 0.1) is 44.8 Å². The number of nitrogens with two attached hydrogens (primary N) is 6. The Morgan fingerprint density at radius 2 is 0.793 bits per heavy atom. The number of aliphatic imine (C=N–C) groups is 1. The molecule has 116 heavy (non-hydrogen) atoms. The Morgan fingerprint density at radius 1 is 0.388 bits per heavy atom. The molecular formula is C69H120N22O25. The van der Waals surface area contributed by atoms with Gasteiger partial charge in [-0.05, 0) is 102 Å². The fraction of sp³-hybridized carbons (Fsp3) is 0.696. The van der Waals surface area contributed by atoms with E-state index < -0.39 is 292 Å². The van der Waals surface area contributed by atoms with Crippen LogP contribution in [0.15, 0.2) is 4.99 Å². The Morgan fingerprint density at radius 3 is 1.24 bits per heavy atom. The van der Waals surface area contributed by atoms with Gasteiger partial charge < -0.3 is 140 Å². The summed E-state index contributed by atoms with van der Waals surface area (Å²) in [4.78, 5) is 266. The lowest BCUT2D eigenvalue weighted by Gasteiger charge is -2.29. The standard InChI is InChI=1S/C69H120N22O25/c1-11-34(8)54(68(115)116)90-63(110)42(25-31(2)3)82-48(97)28-79-65(112)55(36(10)93)91-64(111)44(30-92)87-66(113)53(33(6)7)89-67(114)52(32(4)5)88-49(98)29-77-56(103)35(9)80-59(106)38(16-12-13-23-70)83-61(108)40(18-21-50(99)100)85-62(109)41(19-22-51(101)102)84-60(107)39(17-20-45(72)94)81-47(96)27-78-58(105)43(26-46(73)95)86-57(104)37(71)15-14-24-76-69(74)75/h31-44,52-55,92-93H,11-30,70-71H2,1-10H3,(H2,72,94)(H2,73,95)(H,77,103)(H,78,105)(H,79,112)(H,80,106)(H,81,96)(H,82,97)(H,83,108)(H,84,107)(H,85,109)(H,86,104)(H,87,113)(H,88,98)(H,89,114)(H,90,110)(H,91,111)(H,99,100)(H,101,102)(H,115,116)(H4,74,75,76)/t34-,35-,36+,37-,38-,39-,40-,41-,42-,43-,44-,52-,53-,54-,55-/m0/s1. The van der Waals surface area contributed by atoms with Crippen LogP contribution in [0, 0.1) is 23.7 Å². The second-order valence-corrected chi connectivity index (χ2v) is 28.6. The number of aliphatic hydroxyl groups is 2. The van der Waals surface area contributed by atoms with Gasteiger partial charge in [-0.2, -0.15) is 0 Å². The third-order valence-corrected chi connectivity index (χ3v) is 17.4. The highest BCUT2D eigenvalue weighted by molar-refractivity contribution is 6.01. The number of carbonyl (C=O) groups is 20. The number of nitrogens with zero attached hydrogens (tertiary/aromatic N) is 1. The molecule has 0 aliphatic rings. The van der Waals surface area contributed by atoms with E-state index in [-0.39, 0.29) is 63.5 Å². The van der Waals surface area contributed by atoms with Crippen molar-refractivity contribution in [2.24, 2.45) is 63.1 Å². The molecule has 656 valence electrons. The molecule has 0 aromatic heterocycles. The number of hydrogen-bond acceptors (Lipinski definition) is 25. The smallest absolute Gasteiger partial charge is 0.326 e. The zero-order valence-electron chi connectivity index (χ0n) is 66.8. The van der Waals surface area contributed by atoms with E-state index in [9.17, 15) is 121 Å². The first-order chi connectivity index (χ1) is 54.1. The van der Waals surface area contributed by atoms with Gasteiger partial charge in [0, 0.05) is 25.8 Å². The molecule has 0 radical (unpaired) electrons. The van der Waals surface area contributed by atoms with Crippen LogP contribution in [0.2, 0.25) is 0 Å². The van der Waals surface area contributed by atoms with Gasteiger partial charge in [-0.15, -0.1) is 0 Å². The fourth-order valence-corrected chi connectivity index (χ4v) is 10.6. The number of amides is 17. The molecule has 15 atom stereocenters. The van der Waals surface area contributed by atoms with Gasteiger partial charge in [0.15, 0.2) is 5.96 Å². The lowest BCUT2D eigenvalue weighted by atomic mass is 9.97. The largest absolute Gasteiger partial charge is 0.481 e. The summed E-state index contributed by atoms with van der Waals surface area (Å²) in [5, 5.41) is 84.3. The minimum Gasteiger partial charge on any atom is -0.481 e. The molecule has 0 heterocycles. The summed E-state index contributed by atoms with van der Waals surface area (Å²) in [6.07, 6.45) is -5.79. The average molecular weight is 1660 g/mol. The quantitative estimate of drug-likeness (QED) is 0.0153. The average Bonchev–Trinajstić information content (AvgIpc) is 0.857. The second-order valence-electron chi connectivity index (χ2n) is 28.6. The predicted molar refractivity (Wildman–Crippen MR) is 410 cm³/mol. The van der Waals surface area contributed by atoms with Crippen LogP contribution in [0.5, 0.6) is 0 Å². The summed E-state index contributed by atoms with van der Waals surface area (Å²) in [7, 11) is 0. The van der Waals surface area contributed by atoms with Crippen molar-refractivity contribution in [2.75, 3.05) is 39.3 Å². The SMILES string of the molecule is CC[C@H](C)[C@H](NC(=O)[C@H](CC(C)C)NC(=O)CNC(=O)[C@@H](NC(=O)[C@H](CO)NC(=O)[C@@H](NC(=O)[C@@H](NC(=O)CNC(=O)[C@H](C)NC(=O)[C@H](CCCCN)NC(=O)[C@H](CCC(=O)O)NC(=O)[C@H](CCC(=O)O)NC(=O)[C@H](CCC(N)=O)NC(=O)CNC(=O)[C@H](CC(N)=O)NC(=O)[C@@H](N)CCCN=C(N)N)C(C)C)C(C)C)[C@@H](C)O)C(=O)O. The molecule has 0 spiro atoms. The molecule has 0 unspecified atom stereocenters. The molecule has 32 N–H and O–H groups in total. The first-order valence-electron chi connectivity index (χ1n) is 37.6. The highest BCUT2D eigenvalue weighted by Gasteiger charge is 2.38. The number of guanidine groups is 1. The third kappa shape index (κ3) is 42.0. The number of nitrogens with one attached hydrogen (secondary N) is 15. The summed E-state index contributed by atoms with van der Waals surface area (Å²) in [6.45, 7) is 11.6. The number of aliphatic carboxylic acids is 3. The third-order valence-electron chi connectivity index (χ3n) is 17.4. The maximum atomic E-state index is 14.1. The van der Waals surface area contributed by atoms with Crippen LogP contribution >= 0.6 is 0 Å². The zero-order chi connectivity index (χ0) is 89.0. The fourth-order valence-electron chi connectivity index (χ4n) is 10.6. The van der Waals surface area contributed by atoms with E-state index in [0.29, 0.717) is 6.42 Å². The summed E-state index contributed by atoms with van der Waals surface area (Å²) in [6, 6.07) is -20.6. The van der Waals surface area contributed by atoms with E-state index in [1.165, 1.54) is 34.6 Å². The van der Waals surface area contributed by atoms with Crippen LogP contribution in [-0.4, -0.2) is 274 Å².